The second kappa shape index (κ2) is 5.00. The molecule has 0 aromatic heterocycles. The maximum atomic E-state index is 9.22. The molecule has 0 aliphatic rings. The molecule has 1 aromatic carbocycles. The lowest BCUT2D eigenvalue weighted by molar-refractivity contribution is 0.224. The van der Waals surface area contributed by atoms with Gasteiger partial charge in [0.15, 0.2) is 0 Å². The van der Waals surface area contributed by atoms with Gasteiger partial charge in [0.1, 0.15) is 12.5 Å². The zero-order valence-corrected chi connectivity index (χ0v) is 9.28. The Hall–Kier alpha value is -1.26. The Morgan fingerprint density at radius 3 is 1.73 bits per heavy atom. The first-order valence-corrected chi connectivity index (χ1v) is 4.99. The molecule has 0 bridgehead atoms. The topological polar surface area (TPSA) is 64.5 Å². The van der Waals surface area contributed by atoms with Crippen LogP contribution in [0, 0.1) is 6.92 Å². The fourth-order valence-electron chi connectivity index (χ4n) is 1.40. The van der Waals surface area contributed by atoms with Gasteiger partial charge in [-0.25, -0.2) is 0 Å². The van der Waals surface area contributed by atoms with E-state index in [4.69, 9.17) is 0 Å². The quantitative estimate of drug-likeness (QED) is 0.569. The number of rotatable bonds is 4. The SMILES string of the molecule is Cc1c(NC(C)O)cccc1NC(C)O. The molecule has 4 nitrogen and oxygen atoms in total. The summed E-state index contributed by atoms with van der Waals surface area (Å²) in [5.41, 5.74) is 2.69. The van der Waals surface area contributed by atoms with Gasteiger partial charge in [-0.15, -0.1) is 0 Å². The highest BCUT2D eigenvalue weighted by molar-refractivity contribution is 5.65. The lowest BCUT2D eigenvalue weighted by Crippen LogP contribution is -2.17. The molecule has 0 fully saturated rings. The molecule has 2 unspecified atom stereocenters. The summed E-state index contributed by atoms with van der Waals surface area (Å²) in [5.74, 6) is 0. The van der Waals surface area contributed by atoms with Crippen molar-refractivity contribution in [3.63, 3.8) is 0 Å². The minimum Gasteiger partial charge on any atom is -0.374 e. The van der Waals surface area contributed by atoms with Gasteiger partial charge in [-0.05, 0) is 38.5 Å². The maximum absolute atomic E-state index is 9.22. The summed E-state index contributed by atoms with van der Waals surface area (Å²) in [7, 11) is 0. The first-order valence-electron chi connectivity index (χ1n) is 4.99. The van der Waals surface area contributed by atoms with Crippen molar-refractivity contribution in [1.29, 1.82) is 0 Å². The summed E-state index contributed by atoms with van der Waals surface area (Å²) in [6.07, 6.45) is -1.18. The van der Waals surface area contributed by atoms with Crippen LogP contribution in [-0.4, -0.2) is 22.7 Å². The Morgan fingerprint density at radius 1 is 1.00 bits per heavy atom. The van der Waals surface area contributed by atoms with Gasteiger partial charge in [-0.2, -0.15) is 0 Å². The van der Waals surface area contributed by atoms with Crippen LogP contribution in [-0.2, 0) is 0 Å². The Bertz CT molecular complexity index is 296. The lowest BCUT2D eigenvalue weighted by Gasteiger charge is -2.17. The molecule has 0 aliphatic carbocycles. The lowest BCUT2D eigenvalue weighted by atomic mass is 10.1. The monoisotopic (exact) mass is 210 g/mol. The third kappa shape index (κ3) is 3.42. The molecule has 2 atom stereocenters. The number of nitrogens with one attached hydrogen (secondary N) is 2. The van der Waals surface area contributed by atoms with Gasteiger partial charge in [0.05, 0.1) is 0 Å². The fraction of sp³-hybridized carbons (Fsp3) is 0.455. The minimum absolute atomic E-state index is 0.592. The van der Waals surface area contributed by atoms with E-state index in [-0.39, 0.29) is 0 Å². The third-order valence-corrected chi connectivity index (χ3v) is 2.06. The van der Waals surface area contributed by atoms with Crippen LogP contribution in [0.1, 0.15) is 19.4 Å². The first kappa shape index (κ1) is 11.8. The summed E-state index contributed by atoms with van der Waals surface area (Å²) >= 11 is 0. The smallest absolute Gasteiger partial charge is 0.121 e. The molecule has 0 radical (unpaired) electrons. The summed E-state index contributed by atoms with van der Waals surface area (Å²) in [5, 5.41) is 24.3. The molecule has 84 valence electrons. The zero-order valence-electron chi connectivity index (χ0n) is 9.28. The van der Waals surface area contributed by atoms with Crippen LogP contribution >= 0.6 is 0 Å². The largest absolute Gasteiger partial charge is 0.374 e. The molecular formula is C11H18N2O2. The normalized spacial score (nSPS) is 14.5. The van der Waals surface area contributed by atoms with Crippen LogP contribution in [0.25, 0.3) is 0 Å². The Balaban J connectivity index is 2.90. The summed E-state index contributed by atoms with van der Waals surface area (Å²) in [6.45, 7) is 5.25. The van der Waals surface area contributed by atoms with Gasteiger partial charge >= 0.3 is 0 Å². The first-order chi connectivity index (χ1) is 7.00. The Kier molecular flexibility index (Phi) is 3.94. The highest BCUT2D eigenvalue weighted by atomic mass is 16.3. The highest BCUT2D eigenvalue weighted by Crippen LogP contribution is 2.23. The van der Waals surface area contributed by atoms with E-state index in [1.165, 1.54) is 0 Å². The van der Waals surface area contributed by atoms with Crippen molar-refractivity contribution in [1.82, 2.24) is 0 Å². The Morgan fingerprint density at radius 2 is 1.40 bits per heavy atom. The molecule has 1 rings (SSSR count). The van der Waals surface area contributed by atoms with Crippen LogP contribution in [0.5, 0.6) is 0 Å². The van der Waals surface area contributed by atoms with Crippen LogP contribution in [0.2, 0.25) is 0 Å². The van der Waals surface area contributed by atoms with Crippen molar-refractivity contribution in [2.45, 2.75) is 33.2 Å². The van der Waals surface area contributed by atoms with E-state index in [0.717, 1.165) is 16.9 Å². The summed E-state index contributed by atoms with van der Waals surface area (Å²) < 4.78 is 0. The van der Waals surface area contributed by atoms with E-state index >= 15 is 0 Å². The van der Waals surface area contributed by atoms with E-state index in [2.05, 4.69) is 10.6 Å². The van der Waals surface area contributed by atoms with Gasteiger partial charge in [-0.1, -0.05) is 6.07 Å². The van der Waals surface area contributed by atoms with E-state index in [9.17, 15) is 10.2 Å². The van der Waals surface area contributed by atoms with Gasteiger partial charge in [0.25, 0.3) is 0 Å². The van der Waals surface area contributed by atoms with Gasteiger partial charge in [0, 0.05) is 11.4 Å². The molecule has 0 saturated heterocycles. The molecule has 0 aliphatic heterocycles. The van der Waals surface area contributed by atoms with Crippen molar-refractivity contribution < 1.29 is 10.2 Å². The van der Waals surface area contributed by atoms with E-state index in [1.54, 1.807) is 13.8 Å². The molecule has 0 spiro atoms. The number of aliphatic hydroxyl groups is 2. The zero-order chi connectivity index (χ0) is 11.4. The molecular weight excluding hydrogens is 192 g/mol. The van der Waals surface area contributed by atoms with Crippen LogP contribution < -0.4 is 10.6 Å². The number of hydrogen-bond donors (Lipinski definition) is 4. The average molecular weight is 210 g/mol. The van der Waals surface area contributed by atoms with Crippen molar-refractivity contribution >= 4 is 11.4 Å². The molecule has 15 heavy (non-hydrogen) atoms. The fourth-order valence-corrected chi connectivity index (χ4v) is 1.40. The molecule has 4 N–H and O–H groups in total. The van der Waals surface area contributed by atoms with E-state index < -0.39 is 12.5 Å². The average Bonchev–Trinajstić information content (AvgIpc) is 2.10. The van der Waals surface area contributed by atoms with Crippen molar-refractivity contribution in [3.8, 4) is 0 Å². The standard InChI is InChI=1S/C11H18N2O2/c1-7-10(12-8(2)14)5-4-6-11(7)13-9(3)15/h4-6,8-9,12-15H,1-3H3. The van der Waals surface area contributed by atoms with Crippen molar-refractivity contribution in [3.05, 3.63) is 23.8 Å². The second-order valence-electron chi connectivity index (χ2n) is 3.62. The van der Waals surface area contributed by atoms with E-state index in [0.29, 0.717) is 0 Å². The van der Waals surface area contributed by atoms with Crippen LogP contribution in [0.3, 0.4) is 0 Å². The van der Waals surface area contributed by atoms with Gasteiger partial charge in [0.2, 0.25) is 0 Å². The van der Waals surface area contributed by atoms with Crippen LogP contribution in [0.15, 0.2) is 18.2 Å². The second-order valence-corrected chi connectivity index (χ2v) is 3.62. The predicted octanol–water partition coefficient (Wildman–Crippen LogP) is 1.50. The van der Waals surface area contributed by atoms with Crippen LogP contribution in [0.4, 0.5) is 11.4 Å². The molecule has 1 aromatic rings. The molecule has 4 heteroatoms. The predicted molar refractivity (Wildman–Crippen MR) is 61.8 cm³/mol. The Labute approximate surface area is 89.9 Å². The minimum atomic E-state index is -0.592. The maximum Gasteiger partial charge on any atom is 0.121 e. The molecule has 0 heterocycles. The van der Waals surface area contributed by atoms with E-state index in [1.807, 2.05) is 25.1 Å². The van der Waals surface area contributed by atoms with Crippen molar-refractivity contribution in [2.75, 3.05) is 10.6 Å². The number of benzene rings is 1. The third-order valence-electron chi connectivity index (χ3n) is 2.06. The summed E-state index contributed by atoms with van der Waals surface area (Å²) in [4.78, 5) is 0. The summed E-state index contributed by atoms with van der Waals surface area (Å²) in [6, 6.07) is 5.63. The molecule has 0 saturated carbocycles. The van der Waals surface area contributed by atoms with Crippen molar-refractivity contribution in [2.24, 2.45) is 0 Å². The van der Waals surface area contributed by atoms with Gasteiger partial charge in [-0.3, -0.25) is 0 Å². The van der Waals surface area contributed by atoms with Gasteiger partial charge < -0.3 is 20.8 Å². The number of anilines is 2. The highest BCUT2D eigenvalue weighted by Gasteiger charge is 2.06. The molecule has 0 amide bonds. The number of aliphatic hydroxyl groups excluding tert-OH is 2. The number of hydrogen-bond acceptors (Lipinski definition) is 4.